The van der Waals surface area contributed by atoms with E-state index in [4.69, 9.17) is 15.2 Å². The van der Waals surface area contributed by atoms with Gasteiger partial charge < -0.3 is 35.8 Å². The fourth-order valence-electron chi connectivity index (χ4n) is 5.51. The number of fused-ring (bicyclic) bond motifs is 1. The van der Waals surface area contributed by atoms with Crippen LogP contribution in [0.2, 0.25) is 0 Å². The van der Waals surface area contributed by atoms with Crippen LogP contribution in [0.1, 0.15) is 58.9 Å². The molecule has 262 valence electrons. The monoisotopic (exact) mass is 673 g/mol. The van der Waals surface area contributed by atoms with Crippen molar-refractivity contribution in [3.63, 3.8) is 0 Å². The van der Waals surface area contributed by atoms with E-state index in [1.165, 1.54) is 4.90 Å². The predicted octanol–water partition coefficient (Wildman–Crippen LogP) is 4.51. The van der Waals surface area contributed by atoms with Gasteiger partial charge in [-0.05, 0) is 43.2 Å². The molecule has 0 radical (unpaired) electrons. The van der Waals surface area contributed by atoms with Crippen LogP contribution in [0.5, 0.6) is 0 Å². The Hall–Kier alpha value is -4.94. The first-order valence-electron chi connectivity index (χ1n) is 16.7. The van der Waals surface area contributed by atoms with Gasteiger partial charge in [0.05, 0.1) is 18.3 Å². The number of nitrogens with two attached hydrogens (primary N) is 1. The Kier molecular flexibility index (Phi) is 12.8. The fourth-order valence-corrected chi connectivity index (χ4v) is 5.51. The van der Waals surface area contributed by atoms with Crippen LogP contribution in [-0.4, -0.2) is 65.0 Å². The van der Waals surface area contributed by atoms with Crippen molar-refractivity contribution >= 4 is 40.3 Å². The van der Waals surface area contributed by atoms with Gasteiger partial charge in [0.25, 0.3) is 0 Å². The van der Waals surface area contributed by atoms with Crippen LogP contribution in [0, 0.1) is 5.92 Å². The summed E-state index contributed by atoms with van der Waals surface area (Å²) < 4.78 is 10.6. The Morgan fingerprint density at radius 3 is 2.35 bits per heavy atom. The number of anilines is 1. The summed E-state index contributed by atoms with van der Waals surface area (Å²) in [6.07, 6.45) is 1.71. The van der Waals surface area contributed by atoms with Crippen molar-refractivity contribution in [3.05, 3.63) is 90.3 Å². The molecule has 5 N–H and O–H groups in total. The van der Waals surface area contributed by atoms with Crippen molar-refractivity contribution in [1.82, 2.24) is 15.5 Å². The van der Waals surface area contributed by atoms with Gasteiger partial charge in [0.1, 0.15) is 19.3 Å². The molecule has 0 saturated carbocycles. The molecule has 0 aliphatic carbocycles. The highest BCUT2D eigenvalue weighted by Gasteiger charge is 2.42. The summed E-state index contributed by atoms with van der Waals surface area (Å²) in [5.74, 6) is -2.01. The minimum Gasteiger partial charge on any atom is -0.462 e. The lowest BCUT2D eigenvalue weighted by Gasteiger charge is -2.31. The molecule has 4 rings (SSSR count). The quantitative estimate of drug-likeness (QED) is 0.134. The third kappa shape index (κ3) is 9.58. The number of ether oxygens (including phenoxy) is 2. The number of rotatable bonds is 15. The molecule has 3 amide bonds. The van der Waals surface area contributed by atoms with E-state index in [0.29, 0.717) is 12.1 Å². The number of carbonyl (C=O) groups is 4. The minimum absolute atomic E-state index is 0.00978. The summed E-state index contributed by atoms with van der Waals surface area (Å²) in [5.41, 5.74) is 5.64. The van der Waals surface area contributed by atoms with Crippen LogP contribution < -0.4 is 21.3 Å². The Morgan fingerprint density at radius 2 is 1.65 bits per heavy atom. The van der Waals surface area contributed by atoms with Gasteiger partial charge in [0.15, 0.2) is 0 Å². The van der Waals surface area contributed by atoms with Crippen LogP contribution in [-0.2, 0) is 30.5 Å². The van der Waals surface area contributed by atoms with Crippen molar-refractivity contribution in [1.29, 1.82) is 0 Å². The molecule has 49 heavy (non-hydrogen) atoms. The number of benzene rings is 3. The second-order valence-corrected chi connectivity index (χ2v) is 12.4. The number of alkyl carbamates (subject to hydrolysis) is 1. The van der Waals surface area contributed by atoms with Crippen molar-refractivity contribution in [3.8, 4) is 0 Å². The molecule has 1 aliphatic rings. The molecular weight excluding hydrogens is 626 g/mol. The molecular formula is C37H47N5O7. The zero-order valence-electron chi connectivity index (χ0n) is 28.6. The third-order valence-electron chi connectivity index (χ3n) is 8.55. The first-order chi connectivity index (χ1) is 23.4. The smallest absolute Gasteiger partial charge is 0.408 e. The molecule has 3 unspecified atom stereocenters. The number of hydrogen-bond donors (Lipinski definition) is 4. The molecule has 0 fully saturated rings. The topological polar surface area (TPSA) is 164 Å². The zero-order chi connectivity index (χ0) is 35.6. The van der Waals surface area contributed by atoms with Gasteiger partial charge in [-0.25, -0.2) is 9.59 Å². The van der Waals surface area contributed by atoms with E-state index >= 15 is 0 Å². The highest BCUT2D eigenvalue weighted by atomic mass is 16.6. The van der Waals surface area contributed by atoms with Crippen molar-refractivity contribution in [2.45, 2.75) is 77.8 Å². The number of hydrogen-bond acceptors (Lipinski definition) is 9. The van der Waals surface area contributed by atoms with E-state index < -0.39 is 35.8 Å². The number of nitrogens with zero attached hydrogens (tertiary/aromatic N) is 2. The molecule has 0 saturated heterocycles. The van der Waals surface area contributed by atoms with Gasteiger partial charge in [0.2, 0.25) is 17.5 Å². The second kappa shape index (κ2) is 16.9. The van der Waals surface area contributed by atoms with E-state index in [-0.39, 0.29) is 44.5 Å². The predicted molar refractivity (Wildman–Crippen MR) is 186 cm³/mol. The largest absolute Gasteiger partial charge is 0.462 e. The standard InChI is InChI=1S/C37H47N5O7/c1-5-25(3)19-20-37(47,35(45)48-6-2)40-33(43)31(39-36(46)49-23-27-13-8-7-9-14-27)21-29-22-41(34(44)26(4)38)24-42(29)32-18-12-16-28-15-10-11-17-30(28)32/h7-18,22,25-26,31,47H,5-6,19-21,23-24,38H2,1-4H3,(H,39,46)(H,40,43)/t25?,26-,31?,37?/m0/s1. The molecule has 0 spiro atoms. The van der Waals surface area contributed by atoms with Crippen LogP contribution >= 0.6 is 0 Å². The van der Waals surface area contributed by atoms with Crippen LogP contribution in [0.4, 0.5) is 10.5 Å². The Labute approximate surface area is 287 Å². The molecule has 0 bridgehead atoms. The first-order valence-corrected chi connectivity index (χ1v) is 16.7. The fraction of sp³-hybridized carbons (Fsp3) is 0.405. The highest BCUT2D eigenvalue weighted by molar-refractivity contribution is 5.96. The number of amides is 3. The lowest BCUT2D eigenvalue weighted by atomic mass is 9.96. The third-order valence-corrected chi connectivity index (χ3v) is 8.55. The molecule has 4 atom stereocenters. The van der Waals surface area contributed by atoms with Crippen molar-refractivity contribution in [2.75, 3.05) is 18.2 Å². The van der Waals surface area contributed by atoms with E-state index in [9.17, 15) is 24.3 Å². The molecule has 1 aliphatic heterocycles. The average Bonchev–Trinajstić information content (AvgIpc) is 3.52. The number of carbonyl (C=O) groups excluding carboxylic acids is 4. The highest BCUT2D eigenvalue weighted by Crippen LogP contribution is 2.34. The molecule has 0 aromatic heterocycles. The molecule has 1 heterocycles. The maximum absolute atomic E-state index is 14.1. The van der Waals surface area contributed by atoms with E-state index in [1.54, 1.807) is 32.2 Å². The minimum atomic E-state index is -2.35. The lowest BCUT2D eigenvalue weighted by Crippen LogP contribution is -2.60. The Bertz CT molecular complexity index is 1640. The first kappa shape index (κ1) is 36.9. The maximum Gasteiger partial charge on any atom is 0.408 e. The number of esters is 1. The molecule has 12 heteroatoms. The number of nitrogens with one attached hydrogen (secondary N) is 2. The van der Waals surface area contributed by atoms with Crippen LogP contribution in [0.15, 0.2) is 84.7 Å². The van der Waals surface area contributed by atoms with E-state index in [2.05, 4.69) is 10.6 Å². The number of aliphatic hydroxyl groups is 1. The van der Waals surface area contributed by atoms with E-state index in [1.807, 2.05) is 79.4 Å². The SMILES string of the molecule is CCOC(=O)C(O)(CCC(C)CC)NC(=O)C(CC1=CN(C(=O)[C@H](C)N)CN1c1cccc2ccccc12)NC(=O)OCc1ccccc1. The summed E-state index contributed by atoms with van der Waals surface area (Å²) in [4.78, 5) is 56.7. The van der Waals surface area contributed by atoms with Gasteiger partial charge in [0, 0.05) is 30.1 Å². The summed E-state index contributed by atoms with van der Waals surface area (Å²) in [6.45, 7) is 7.21. The van der Waals surface area contributed by atoms with Gasteiger partial charge in [-0.1, -0.05) is 87.0 Å². The summed E-state index contributed by atoms with van der Waals surface area (Å²) in [6, 6.07) is 20.5. The Balaban J connectivity index is 1.69. The van der Waals surface area contributed by atoms with Crippen LogP contribution in [0.3, 0.4) is 0 Å². The maximum atomic E-state index is 14.1. The van der Waals surface area contributed by atoms with Crippen molar-refractivity contribution in [2.24, 2.45) is 11.7 Å². The van der Waals surface area contributed by atoms with Crippen molar-refractivity contribution < 1.29 is 33.8 Å². The molecule has 3 aromatic rings. The zero-order valence-corrected chi connectivity index (χ0v) is 28.6. The molecule has 3 aromatic carbocycles. The summed E-state index contributed by atoms with van der Waals surface area (Å²) in [7, 11) is 0. The lowest BCUT2D eigenvalue weighted by molar-refractivity contribution is -0.173. The summed E-state index contributed by atoms with van der Waals surface area (Å²) >= 11 is 0. The van der Waals surface area contributed by atoms with Gasteiger partial charge in [-0.15, -0.1) is 0 Å². The van der Waals surface area contributed by atoms with Gasteiger partial charge >= 0.3 is 12.1 Å². The van der Waals surface area contributed by atoms with Gasteiger partial charge in [-0.2, -0.15) is 0 Å². The second-order valence-electron chi connectivity index (χ2n) is 12.4. The normalized spacial score (nSPS) is 15.8. The van der Waals surface area contributed by atoms with E-state index in [0.717, 1.165) is 28.4 Å². The Morgan fingerprint density at radius 1 is 0.959 bits per heavy atom. The summed E-state index contributed by atoms with van der Waals surface area (Å²) in [5, 5.41) is 18.5. The van der Waals surface area contributed by atoms with Crippen LogP contribution in [0.25, 0.3) is 10.8 Å². The van der Waals surface area contributed by atoms with Gasteiger partial charge in [-0.3, -0.25) is 14.5 Å². The molecule has 12 nitrogen and oxygen atoms in total. The average molecular weight is 674 g/mol.